The summed E-state index contributed by atoms with van der Waals surface area (Å²) in [5, 5.41) is 0. The van der Waals surface area contributed by atoms with Gasteiger partial charge >= 0.3 is 0 Å². The number of fused-ring (bicyclic) bond motifs is 1. The highest BCUT2D eigenvalue weighted by atomic mass is 32.2. The highest BCUT2D eigenvalue weighted by molar-refractivity contribution is 7.86. The lowest BCUT2D eigenvalue weighted by atomic mass is 10.1. The van der Waals surface area contributed by atoms with E-state index < -0.39 is 11.0 Å². The van der Waals surface area contributed by atoms with E-state index in [2.05, 4.69) is 25.1 Å². The Morgan fingerprint density at radius 2 is 1.89 bits per heavy atom. The van der Waals surface area contributed by atoms with Crippen molar-refractivity contribution in [2.45, 2.75) is 31.2 Å². The third kappa shape index (κ3) is 2.19. The van der Waals surface area contributed by atoms with Crippen LogP contribution >= 0.6 is 0 Å². The summed E-state index contributed by atoms with van der Waals surface area (Å²) >= 11 is 0. The first-order valence-corrected chi connectivity index (χ1v) is 7.77. The molecule has 1 atom stereocenters. The van der Waals surface area contributed by atoms with Crippen LogP contribution in [0, 0.1) is 0 Å². The van der Waals surface area contributed by atoms with Gasteiger partial charge in [0.2, 0.25) is 0 Å². The molecule has 0 bridgehead atoms. The number of hydrogen-bond acceptors (Lipinski definition) is 1. The monoisotopic (exact) mass is 271 g/mol. The van der Waals surface area contributed by atoms with Crippen LogP contribution < -0.4 is 4.31 Å². The number of benzene rings is 2. The third-order valence-corrected chi connectivity index (χ3v) is 5.04. The van der Waals surface area contributed by atoms with Crippen molar-refractivity contribution in [1.29, 1.82) is 0 Å². The maximum Gasteiger partial charge on any atom is 0.153 e. The summed E-state index contributed by atoms with van der Waals surface area (Å²) in [7, 11) is -1.07. The van der Waals surface area contributed by atoms with E-state index in [0.29, 0.717) is 0 Å². The molecule has 3 heteroatoms. The lowest BCUT2D eigenvalue weighted by Crippen LogP contribution is -2.18. The van der Waals surface area contributed by atoms with Crippen molar-refractivity contribution in [3.8, 4) is 0 Å². The molecule has 0 saturated heterocycles. The fraction of sp³-hybridized carbons (Fsp3) is 0.250. The average Bonchev–Trinajstić information content (AvgIpc) is 2.79. The summed E-state index contributed by atoms with van der Waals surface area (Å²) < 4.78 is 14.7. The van der Waals surface area contributed by atoms with Gasteiger partial charge in [-0.2, -0.15) is 0 Å². The molecule has 0 amide bonds. The van der Waals surface area contributed by atoms with Crippen LogP contribution in [0.25, 0.3) is 0 Å². The van der Waals surface area contributed by atoms with E-state index in [9.17, 15) is 4.21 Å². The molecule has 98 valence electrons. The smallest absolute Gasteiger partial charge is 0.153 e. The summed E-state index contributed by atoms with van der Waals surface area (Å²) in [5.41, 5.74) is 3.46. The van der Waals surface area contributed by atoms with Gasteiger partial charge in [-0.3, -0.25) is 4.31 Å². The first kappa shape index (κ1) is 12.4. The second-order valence-electron chi connectivity index (χ2n) is 4.78. The molecule has 1 aliphatic heterocycles. The SMILES string of the molecule is CCCc1cccc2c1S(=O)N(c1ccccc1)C2. The highest BCUT2D eigenvalue weighted by Crippen LogP contribution is 2.34. The summed E-state index contributed by atoms with van der Waals surface area (Å²) in [6, 6.07) is 16.3. The number of rotatable bonds is 3. The molecule has 1 heterocycles. The van der Waals surface area contributed by atoms with Crippen LogP contribution in [-0.4, -0.2) is 4.21 Å². The Balaban J connectivity index is 2.00. The van der Waals surface area contributed by atoms with E-state index in [1.54, 1.807) is 0 Å². The topological polar surface area (TPSA) is 20.3 Å². The Morgan fingerprint density at radius 1 is 1.11 bits per heavy atom. The molecule has 1 aliphatic rings. The highest BCUT2D eigenvalue weighted by Gasteiger charge is 2.29. The van der Waals surface area contributed by atoms with Gasteiger partial charge in [-0.25, -0.2) is 4.21 Å². The predicted molar refractivity (Wildman–Crippen MR) is 79.5 cm³/mol. The van der Waals surface area contributed by atoms with Crippen molar-refractivity contribution in [2.75, 3.05) is 4.31 Å². The summed E-state index contributed by atoms with van der Waals surface area (Å²) in [5.74, 6) is 0. The largest absolute Gasteiger partial charge is 0.283 e. The van der Waals surface area contributed by atoms with Gasteiger partial charge in [-0.05, 0) is 29.7 Å². The van der Waals surface area contributed by atoms with Gasteiger partial charge in [0.15, 0.2) is 11.0 Å². The van der Waals surface area contributed by atoms with E-state index in [1.807, 2.05) is 34.6 Å². The lowest BCUT2D eigenvalue weighted by Gasteiger charge is -2.15. The Morgan fingerprint density at radius 3 is 2.63 bits per heavy atom. The van der Waals surface area contributed by atoms with E-state index in [0.717, 1.165) is 30.0 Å². The number of anilines is 1. The standard InChI is InChI=1S/C16H17NOS/c1-2-7-13-8-6-9-14-12-17(19(18)16(13)14)15-10-4-3-5-11-15/h3-6,8-11H,2,7,12H2,1H3. The van der Waals surface area contributed by atoms with Crippen LogP contribution in [0.4, 0.5) is 5.69 Å². The predicted octanol–water partition coefficient (Wildman–Crippen LogP) is 3.68. The molecule has 0 saturated carbocycles. The molecule has 3 rings (SSSR count). The van der Waals surface area contributed by atoms with Gasteiger partial charge < -0.3 is 0 Å². The summed E-state index contributed by atoms with van der Waals surface area (Å²) in [4.78, 5) is 1.04. The van der Waals surface area contributed by atoms with Gasteiger partial charge in [0.1, 0.15) is 0 Å². The lowest BCUT2D eigenvalue weighted by molar-refractivity contribution is 0.682. The first-order valence-electron chi connectivity index (χ1n) is 6.66. The van der Waals surface area contributed by atoms with Crippen molar-refractivity contribution in [3.05, 3.63) is 59.7 Å². The van der Waals surface area contributed by atoms with Gasteiger partial charge in [-0.15, -0.1) is 0 Å². The minimum absolute atomic E-state index is 0.740. The Bertz CT molecular complexity index is 609. The molecule has 1 unspecified atom stereocenters. The number of nitrogens with zero attached hydrogens (tertiary/aromatic N) is 1. The van der Waals surface area contributed by atoms with Crippen LogP contribution in [0.3, 0.4) is 0 Å². The molecule has 19 heavy (non-hydrogen) atoms. The molecule has 0 aliphatic carbocycles. The molecule has 2 aromatic rings. The Hall–Kier alpha value is -1.61. The minimum Gasteiger partial charge on any atom is -0.283 e. The van der Waals surface area contributed by atoms with Gasteiger partial charge in [0, 0.05) is 5.69 Å². The summed E-state index contributed by atoms with van der Waals surface area (Å²) in [6.07, 6.45) is 2.08. The fourth-order valence-corrected chi connectivity index (χ4v) is 4.10. The number of para-hydroxylation sites is 1. The van der Waals surface area contributed by atoms with E-state index in [-0.39, 0.29) is 0 Å². The fourth-order valence-electron chi connectivity index (χ4n) is 2.56. The molecular formula is C16H17NOS. The molecule has 0 aromatic heterocycles. The van der Waals surface area contributed by atoms with Crippen molar-refractivity contribution >= 4 is 16.7 Å². The van der Waals surface area contributed by atoms with Gasteiger partial charge in [-0.1, -0.05) is 49.7 Å². The number of hydrogen-bond donors (Lipinski definition) is 0. The molecule has 0 spiro atoms. The Kier molecular flexibility index (Phi) is 3.38. The van der Waals surface area contributed by atoms with Crippen LogP contribution in [0.2, 0.25) is 0 Å². The van der Waals surface area contributed by atoms with Gasteiger partial charge in [0.25, 0.3) is 0 Å². The van der Waals surface area contributed by atoms with Crippen molar-refractivity contribution in [3.63, 3.8) is 0 Å². The zero-order valence-electron chi connectivity index (χ0n) is 11.0. The molecule has 0 fully saturated rings. The third-order valence-electron chi connectivity index (χ3n) is 3.43. The molecular weight excluding hydrogens is 254 g/mol. The summed E-state index contributed by atoms with van der Waals surface area (Å²) in [6.45, 7) is 2.90. The second-order valence-corrected chi connectivity index (χ2v) is 6.12. The Labute approximate surface area is 116 Å². The zero-order chi connectivity index (χ0) is 13.2. The maximum absolute atomic E-state index is 12.7. The first-order chi connectivity index (χ1) is 9.31. The van der Waals surface area contributed by atoms with Crippen LogP contribution in [0.5, 0.6) is 0 Å². The quantitative estimate of drug-likeness (QED) is 0.834. The second kappa shape index (κ2) is 5.17. The molecule has 2 nitrogen and oxygen atoms in total. The number of aryl methyl sites for hydroxylation is 1. The van der Waals surface area contributed by atoms with E-state index in [4.69, 9.17) is 0 Å². The zero-order valence-corrected chi connectivity index (χ0v) is 11.8. The van der Waals surface area contributed by atoms with Gasteiger partial charge in [0.05, 0.1) is 11.4 Å². The van der Waals surface area contributed by atoms with Crippen molar-refractivity contribution < 1.29 is 4.21 Å². The maximum atomic E-state index is 12.7. The average molecular weight is 271 g/mol. The van der Waals surface area contributed by atoms with E-state index in [1.165, 1.54) is 11.1 Å². The van der Waals surface area contributed by atoms with Crippen molar-refractivity contribution in [2.24, 2.45) is 0 Å². The van der Waals surface area contributed by atoms with Crippen molar-refractivity contribution in [1.82, 2.24) is 0 Å². The molecule has 0 radical (unpaired) electrons. The van der Waals surface area contributed by atoms with E-state index >= 15 is 0 Å². The van der Waals surface area contributed by atoms with Crippen LogP contribution in [-0.2, 0) is 24.0 Å². The van der Waals surface area contributed by atoms with Crippen LogP contribution in [0.1, 0.15) is 24.5 Å². The normalized spacial score (nSPS) is 17.5. The minimum atomic E-state index is -1.07. The molecule has 0 N–H and O–H groups in total. The van der Waals surface area contributed by atoms with Crippen LogP contribution in [0.15, 0.2) is 53.4 Å². The molecule has 2 aromatic carbocycles.